The van der Waals surface area contributed by atoms with Gasteiger partial charge in [-0.1, -0.05) is 31.2 Å². The molecule has 0 amide bonds. The Labute approximate surface area is 96.3 Å². The Morgan fingerprint density at radius 3 is 2.56 bits per heavy atom. The van der Waals surface area contributed by atoms with Crippen LogP contribution in [0.15, 0.2) is 59.9 Å². The molecule has 0 atom stereocenters. The summed E-state index contributed by atoms with van der Waals surface area (Å²) in [5.41, 5.74) is 13.3. The first-order valence-corrected chi connectivity index (χ1v) is 5.49. The summed E-state index contributed by atoms with van der Waals surface area (Å²) in [5.74, 6) is 0. The summed E-state index contributed by atoms with van der Waals surface area (Å²) >= 11 is 0. The van der Waals surface area contributed by atoms with Crippen LogP contribution in [0.5, 0.6) is 0 Å². The van der Waals surface area contributed by atoms with Crippen molar-refractivity contribution in [1.82, 2.24) is 0 Å². The number of rotatable bonds is 2. The molecule has 0 fully saturated rings. The van der Waals surface area contributed by atoms with Gasteiger partial charge in [-0.25, -0.2) is 0 Å². The van der Waals surface area contributed by atoms with E-state index in [-0.39, 0.29) is 0 Å². The van der Waals surface area contributed by atoms with Crippen molar-refractivity contribution < 1.29 is 0 Å². The van der Waals surface area contributed by atoms with Crippen LogP contribution in [-0.4, -0.2) is 0 Å². The Bertz CT molecular complexity index is 495. The molecule has 1 heteroatoms. The highest BCUT2D eigenvalue weighted by atomic mass is 14.5. The highest BCUT2D eigenvalue weighted by Crippen LogP contribution is 2.19. The van der Waals surface area contributed by atoms with Crippen molar-refractivity contribution in [3.8, 4) is 0 Å². The highest BCUT2D eigenvalue weighted by Gasteiger charge is 1.98. The molecule has 0 spiro atoms. The lowest BCUT2D eigenvalue weighted by Gasteiger charge is -2.00. The van der Waals surface area contributed by atoms with Crippen LogP contribution in [0.2, 0.25) is 0 Å². The monoisotopic (exact) mass is 209 g/mol. The number of nitrogens with two attached hydrogens (primary N) is 1. The lowest BCUT2D eigenvalue weighted by atomic mass is 10.1. The average Bonchev–Trinajstić information content (AvgIpc) is 2.55. The molecule has 1 aliphatic rings. The minimum absolute atomic E-state index is 0.790. The van der Waals surface area contributed by atoms with Crippen molar-refractivity contribution in [1.29, 1.82) is 0 Å². The van der Waals surface area contributed by atoms with Gasteiger partial charge in [-0.2, -0.15) is 0 Å². The smallest absolute Gasteiger partial charge is 0.0314 e. The number of nitrogen functional groups attached to an aromatic ring is 1. The van der Waals surface area contributed by atoms with Gasteiger partial charge in [-0.05, 0) is 41.8 Å². The maximum Gasteiger partial charge on any atom is 0.0314 e. The third-order valence-corrected chi connectivity index (χ3v) is 2.63. The minimum atomic E-state index is 0.790. The standard InChI is InChI=1S/C15H15N/c1-2-12-4-3-5-13(7-6-12)14-8-10-15(16)11-9-14/h3-4,6-11H,2,16H2,1H3. The molecule has 0 unspecified atom stereocenters. The van der Waals surface area contributed by atoms with Gasteiger partial charge in [-0.3, -0.25) is 0 Å². The van der Waals surface area contributed by atoms with E-state index < -0.39 is 0 Å². The first-order valence-electron chi connectivity index (χ1n) is 5.49. The van der Waals surface area contributed by atoms with E-state index in [1.54, 1.807) is 0 Å². The first-order chi connectivity index (χ1) is 7.79. The number of benzene rings is 1. The Morgan fingerprint density at radius 2 is 1.88 bits per heavy atom. The van der Waals surface area contributed by atoms with Crippen LogP contribution in [-0.2, 0) is 0 Å². The number of hydrogen-bond acceptors (Lipinski definition) is 1. The van der Waals surface area contributed by atoms with Crippen molar-refractivity contribution in [2.75, 3.05) is 5.73 Å². The van der Waals surface area contributed by atoms with Gasteiger partial charge in [0, 0.05) is 11.3 Å². The van der Waals surface area contributed by atoms with Crippen molar-refractivity contribution in [3.63, 3.8) is 0 Å². The van der Waals surface area contributed by atoms with Crippen molar-refractivity contribution in [2.24, 2.45) is 0 Å². The minimum Gasteiger partial charge on any atom is -0.399 e. The fraction of sp³-hybridized carbons (Fsp3) is 0.133. The molecule has 2 N–H and O–H groups in total. The van der Waals surface area contributed by atoms with Crippen LogP contribution in [0, 0.1) is 0 Å². The fourth-order valence-electron chi connectivity index (χ4n) is 1.61. The van der Waals surface area contributed by atoms with Crippen LogP contribution in [0.1, 0.15) is 18.9 Å². The molecular weight excluding hydrogens is 194 g/mol. The van der Waals surface area contributed by atoms with E-state index in [0.29, 0.717) is 0 Å². The van der Waals surface area contributed by atoms with E-state index >= 15 is 0 Å². The number of anilines is 1. The zero-order valence-electron chi connectivity index (χ0n) is 9.40. The van der Waals surface area contributed by atoms with E-state index in [9.17, 15) is 0 Å². The summed E-state index contributed by atoms with van der Waals surface area (Å²) < 4.78 is 0. The number of hydrogen-bond donors (Lipinski definition) is 1. The van der Waals surface area contributed by atoms with Gasteiger partial charge in [0.15, 0.2) is 0 Å². The molecule has 16 heavy (non-hydrogen) atoms. The lowest BCUT2D eigenvalue weighted by molar-refractivity contribution is 1.15. The van der Waals surface area contributed by atoms with Crippen LogP contribution < -0.4 is 5.73 Å². The van der Waals surface area contributed by atoms with Gasteiger partial charge in [0.25, 0.3) is 0 Å². The third kappa shape index (κ3) is 2.33. The predicted molar refractivity (Wildman–Crippen MR) is 69.9 cm³/mol. The van der Waals surface area contributed by atoms with E-state index in [4.69, 9.17) is 5.73 Å². The van der Waals surface area contributed by atoms with E-state index in [1.165, 1.54) is 5.57 Å². The van der Waals surface area contributed by atoms with E-state index in [0.717, 1.165) is 23.2 Å². The molecule has 80 valence electrons. The zero-order chi connectivity index (χ0) is 11.4. The van der Waals surface area contributed by atoms with Crippen LogP contribution in [0.25, 0.3) is 5.57 Å². The van der Waals surface area contributed by atoms with Crippen LogP contribution in [0.4, 0.5) is 5.69 Å². The Balaban J connectivity index is 2.32. The molecule has 0 saturated heterocycles. The summed E-state index contributed by atoms with van der Waals surface area (Å²) in [4.78, 5) is 0. The second-order valence-electron chi connectivity index (χ2n) is 3.78. The largest absolute Gasteiger partial charge is 0.399 e. The van der Waals surface area contributed by atoms with Gasteiger partial charge in [-0.15, -0.1) is 5.73 Å². The summed E-state index contributed by atoms with van der Waals surface area (Å²) in [6.45, 7) is 2.15. The molecule has 0 bridgehead atoms. The molecule has 1 aliphatic carbocycles. The Kier molecular flexibility index (Phi) is 3.09. The zero-order valence-corrected chi connectivity index (χ0v) is 9.40. The van der Waals surface area contributed by atoms with Crippen molar-refractivity contribution >= 4 is 11.3 Å². The molecular formula is C15H15N. The summed E-state index contributed by atoms with van der Waals surface area (Å²) in [5, 5.41) is 0. The fourth-order valence-corrected chi connectivity index (χ4v) is 1.61. The molecule has 1 nitrogen and oxygen atoms in total. The SMILES string of the molecule is CCC1=CC=C=C(c2ccc(N)cc2)C=C1. The summed E-state index contributed by atoms with van der Waals surface area (Å²) in [7, 11) is 0. The highest BCUT2D eigenvalue weighted by molar-refractivity contribution is 5.75. The van der Waals surface area contributed by atoms with Gasteiger partial charge in [0.05, 0.1) is 0 Å². The van der Waals surface area contributed by atoms with Gasteiger partial charge >= 0.3 is 0 Å². The second-order valence-corrected chi connectivity index (χ2v) is 3.78. The van der Waals surface area contributed by atoms with Crippen LogP contribution in [0.3, 0.4) is 0 Å². The average molecular weight is 209 g/mol. The van der Waals surface area contributed by atoms with Gasteiger partial charge < -0.3 is 5.73 Å². The maximum absolute atomic E-state index is 5.66. The topological polar surface area (TPSA) is 26.0 Å². The Hall–Kier alpha value is -1.98. The molecule has 0 radical (unpaired) electrons. The second kappa shape index (κ2) is 4.69. The molecule has 0 saturated carbocycles. The first kappa shape index (κ1) is 10.5. The Morgan fingerprint density at radius 1 is 1.12 bits per heavy atom. The predicted octanol–water partition coefficient (Wildman–Crippen LogP) is 3.71. The van der Waals surface area contributed by atoms with Gasteiger partial charge in [0.1, 0.15) is 0 Å². The molecule has 0 aromatic heterocycles. The summed E-state index contributed by atoms with van der Waals surface area (Å²) in [6, 6.07) is 7.87. The molecule has 0 heterocycles. The molecule has 0 aliphatic heterocycles. The lowest BCUT2D eigenvalue weighted by Crippen LogP contribution is -1.85. The van der Waals surface area contributed by atoms with Crippen molar-refractivity contribution in [3.05, 3.63) is 65.4 Å². The van der Waals surface area contributed by atoms with Gasteiger partial charge in [0.2, 0.25) is 0 Å². The molecule has 1 aromatic rings. The quantitative estimate of drug-likeness (QED) is 0.583. The molecule has 1 aromatic carbocycles. The van der Waals surface area contributed by atoms with E-state index in [1.807, 2.05) is 30.3 Å². The normalized spacial score (nSPS) is 14.3. The third-order valence-electron chi connectivity index (χ3n) is 2.63. The maximum atomic E-state index is 5.66. The molecule has 2 rings (SSSR count). The summed E-state index contributed by atoms with van der Waals surface area (Å²) in [6.07, 6.45) is 9.36. The van der Waals surface area contributed by atoms with E-state index in [2.05, 4.69) is 30.9 Å². The van der Waals surface area contributed by atoms with Crippen molar-refractivity contribution in [2.45, 2.75) is 13.3 Å². The number of allylic oxidation sites excluding steroid dienone is 5. The van der Waals surface area contributed by atoms with Crippen LogP contribution >= 0.6 is 0 Å².